The number of nitriles is 1. The number of β-amino-alcohol motifs (C(OH)–C–C–N with tert-alkyl or cyclic N) is 1. The van der Waals surface area contributed by atoms with E-state index in [-0.39, 0.29) is 46.1 Å². The van der Waals surface area contributed by atoms with Crippen LogP contribution in [0.3, 0.4) is 0 Å². The molecule has 2 amide bonds. The number of halogens is 1. The Kier molecular flexibility index (Phi) is 4.81. The highest BCUT2D eigenvalue weighted by Gasteiger charge is 2.39. The van der Waals surface area contributed by atoms with E-state index >= 15 is 4.39 Å². The molecule has 3 aromatic rings. The summed E-state index contributed by atoms with van der Waals surface area (Å²) in [4.78, 5) is 32.4. The summed E-state index contributed by atoms with van der Waals surface area (Å²) in [6.07, 6.45) is -1.73. The Morgan fingerprint density at radius 3 is 2.78 bits per heavy atom. The maximum Gasteiger partial charge on any atom is 0.417 e. The van der Waals surface area contributed by atoms with Gasteiger partial charge in [0.15, 0.2) is 5.82 Å². The van der Waals surface area contributed by atoms with Gasteiger partial charge in [-0.05, 0) is 45.4 Å². The monoisotopic (exact) mass is 508 g/mol. The number of aliphatic hydroxyl groups excluding tert-OH is 1. The van der Waals surface area contributed by atoms with Crippen molar-refractivity contribution in [2.24, 2.45) is 0 Å². The zero-order valence-corrected chi connectivity index (χ0v) is 20.2. The van der Waals surface area contributed by atoms with Crippen molar-refractivity contribution in [1.29, 1.82) is 5.26 Å². The molecule has 2 aliphatic heterocycles. The number of nitrogens with zero attached hydrogens (tertiary/aromatic N) is 6. The molecule has 37 heavy (non-hydrogen) atoms. The van der Waals surface area contributed by atoms with Crippen molar-refractivity contribution >= 4 is 17.8 Å². The highest BCUT2D eigenvalue weighted by Crippen LogP contribution is 2.34. The van der Waals surface area contributed by atoms with Crippen LogP contribution in [0.4, 0.5) is 15.0 Å². The van der Waals surface area contributed by atoms with Crippen LogP contribution in [0, 0.1) is 17.1 Å². The van der Waals surface area contributed by atoms with Crippen molar-refractivity contribution in [2.45, 2.75) is 45.4 Å². The number of hydrogen-bond donors (Lipinski definition) is 1. The van der Waals surface area contributed by atoms with E-state index in [2.05, 4.69) is 10.1 Å². The summed E-state index contributed by atoms with van der Waals surface area (Å²) < 4.78 is 54.5. The summed E-state index contributed by atoms with van der Waals surface area (Å²) >= 11 is 0. The molecule has 2 aliphatic rings. The minimum Gasteiger partial charge on any atom is -0.443 e. The van der Waals surface area contributed by atoms with Crippen molar-refractivity contribution in [3.63, 3.8) is 0 Å². The van der Waals surface area contributed by atoms with Gasteiger partial charge in [-0.15, -0.1) is 0 Å². The molecule has 1 saturated heterocycles. The molecule has 0 unspecified atom stereocenters. The van der Waals surface area contributed by atoms with Gasteiger partial charge in [-0.3, -0.25) is 4.79 Å². The van der Waals surface area contributed by atoms with Gasteiger partial charge in [-0.1, -0.05) is 6.07 Å². The molecule has 0 spiro atoms. The Hall–Kier alpha value is -4.30. The lowest BCUT2D eigenvalue weighted by Gasteiger charge is -2.23. The fourth-order valence-electron chi connectivity index (χ4n) is 4.07. The van der Waals surface area contributed by atoms with Gasteiger partial charge in [0.05, 0.1) is 55.2 Å². The number of imide groups is 1. The molecule has 1 atom stereocenters. The SMILES string of the molecule is [2H]C1([2H])C[C@H](O)C([2H])([2H])N1c1ccn(-c2cc(-c3c(F)cccc3C#N)nc3c2C(=O)N(C(=O)OC(C)(C)C)C3)n1. The van der Waals surface area contributed by atoms with Crippen LogP contribution < -0.4 is 4.90 Å². The second-order valence-electron chi connectivity index (χ2n) is 9.46. The third-order valence-electron chi connectivity index (χ3n) is 5.62. The van der Waals surface area contributed by atoms with Gasteiger partial charge in [0, 0.05) is 28.0 Å². The number of aromatic nitrogens is 3. The molecule has 10 nitrogen and oxygen atoms in total. The van der Waals surface area contributed by atoms with Crippen LogP contribution in [-0.2, 0) is 11.3 Å². The van der Waals surface area contributed by atoms with E-state index in [0.29, 0.717) is 4.90 Å². The van der Waals surface area contributed by atoms with E-state index in [1.54, 1.807) is 20.8 Å². The fraction of sp³-hybridized carbons (Fsp3) is 0.346. The number of pyridine rings is 1. The standard InChI is InChI=1S/C26H25FN6O4/c1-26(2,3)37-25(36)32-14-19-23(24(32)35)20(33-10-8-21(30-33)31-9-7-16(34)13-31)11-18(29-19)22-15(12-28)5-4-6-17(22)27/h4-6,8,10-11,16,34H,7,9,13-14H2,1-3H3/t16-/m0/s1/i9D2,13D2. The van der Waals surface area contributed by atoms with Crippen LogP contribution in [-0.4, -0.2) is 61.5 Å². The first-order valence-corrected chi connectivity index (χ1v) is 11.4. The van der Waals surface area contributed by atoms with Gasteiger partial charge in [-0.2, -0.15) is 10.4 Å². The molecular formula is C26H25FN6O4. The van der Waals surface area contributed by atoms with Crippen LogP contribution in [0.25, 0.3) is 16.9 Å². The normalized spacial score (nSPS) is 21.5. The second kappa shape index (κ2) is 8.97. The summed E-state index contributed by atoms with van der Waals surface area (Å²) in [5.41, 5.74) is -1.03. The average Bonchev–Trinajstić information content (AvgIpc) is 3.50. The number of fused-ring (bicyclic) bond motifs is 1. The minimum absolute atomic E-state index is 0.0217. The summed E-state index contributed by atoms with van der Waals surface area (Å²) in [5, 5.41) is 24.1. The first kappa shape index (κ1) is 19.8. The number of hydrogen-bond acceptors (Lipinski definition) is 8. The van der Waals surface area contributed by atoms with E-state index in [9.17, 15) is 20.0 Å². The quantitative estimate of drug-likeness (QED) is 0.571. The summed E-state index contributed by atoms with van der Waals surface area (Å²) in [6.45, 7) is -0.172. The van der Waals surface area contributed by atoms with Gasteiger partial charge in [0.2, 0.25) is 0 Å². The number of amides is 2. The molecule has 4 heterocycles. The maximum absolute atomic E-state index is 15.0. The number of anilines is 1. The van der Waals surface area contributed by atoms with Gasteiger partial charge in [-0.25, -0.2) is 23.8 Å². The first-order chi connectivity index (χ1) is 19.0. The highest BCUT2D eigenvalue weighted by molar-refractivity contribution is 6.08. The Morgan fingerprint density at radius 2 is 2.11 bits per heavy atom. The molecule has 2 aromatic heterocycles. The zero-order valence-electron chi connectivity index (χ0n) is 24.2. The largest absolute Gasteiger partial charge is 0.443 e. The van der Waals surface area contributed by atoms with Crippen molar-refractivity contribution in [2.75, 3.05) is 17.9 Å². The number of ether oxygens (including phenoxy) is 1. The Morgan fingerprint density at radius 1 is 1.32 bits per heavy atom. The molecule has 0 aliphatic carbocycles. The van der Waals surface area contributed by atoms with Gasteiger partial charge in [0.1, 0.15) is 11.4 Å². The fourth-order valence-corrected chi connectivity index (χ4v) is 4.07. The molecule has 0 radical (unpaired) electrons. The van der Waals surface area contributed by atoms with Crippen LogP contribution in [0.1, 0.15) is 54.3 Å². The van der Waals surface area contributed by atoms with E-state index in [0.717, 1.165) is 15.6 Å². The molecule has 0 bridgehead atoms. The summed E-state index contributed by atoms with van der Waals surface area (Å²) in [5.74, 6) is -1.69. The predicted molar refractivity (Wildman–Crippen MR) is 130 cm³/mol. The van der Waals surface area contributed by atoms with Crippen molar-refractivity contribution in [3.05, 3.63) is 59.2 Å². The smallest absolute Gasteiger partial charge is 0.417 e. The molecule has 0 saturated carbocycles. The van der Waals surface area contributed by atoms with Crippen LogP contribution in [0.5, 0.6) is 0 Å². The Labute approximate surface area is 218 Å². The van der Waals surface area contributed by atoms with Crippen molar-refractivity contribution in [1.82, 2.24) is 19.7 Å². The van der Waals surface area contributed by atoms with E-state index in [1.165, 1.54) is 30.5 Å². The van der Waals surface area contributed by atoms with Gasteiger partial charge >= 0.3 is 6.09 Å². The van der Waals surface area contributed by atoms with E-state index < -0.39 is 48.9 Å². The summed E-state index contributed by atoms with van der Waals surface area (Å²) in [7, 11) is 0. The maximum atomic E-state index is 15.0. The summed E-state index contributed by atoms with van der Waals surface area (Å²) in [6, 6.07) is 8.45. The number of aliphatic hydroxyl groups is 1. The molecule has 11 heteroatoms. The van der Waals surface area contributed by atoms with Crippen molar-refractivity contribution in [3.8, 4) is 23.0 Å². The third kappa shape index (κ3) is 4.51. The topological polar surface area (TPSA) is 125 Å². The van der Waals surface area contributed by atoms with E-state index in [1.807, 2.05) is 6.07 Å². The molecule has 190 valence electrons. The lowest BCUT2D eigenvalue weighted by atomic mass is 10.0. The lowest BCUT2D eigenvalue weighted by Crippen LogP contribution is -2.37. The molecule has 1 N–H and O–H groups in total. The minimum atomic E-state index is -2.49. The predicted octanol–water partition coefficient (Wildman–Crippen LogP) is 3.41. The Balaban J connectivity index is 1.68. The van der Waals surface area contributed by atoms with Gasteiger partial charge in [0.25, 0.3) is 5.91 Å². The van der Waals surface area contributed by atoms with Gasteiger partial charge < -0.3 is 14.7 Å². The average molecular weight is 509 g/mol. The number of benzene rings is 1. The molecule has 1 fully saturated rings. The number of carbonyl (C=O) groups excluding carboxylic acids is 2. The third-order valence-corrected chi connectivity index (χ3v) is 5.62. The Bertz CT molecular complexity index is 1630. The molecule has 5 rings (SSSR count). The van der Waals surface area contributed by atoms with Crippen molar-refractivity contribution < 1.29 is 29.3 Å². The van der Waals surface area contributed by atoms with Crippen LogP contribution in [0.2, 0.25) is 0 Å². The second-order valence-corrected chi connectivity index (χ2v) is 9.46. The molecule has 1 aromatic carbocycles. The number of rotatable bonds is 3. The van der Waals surface area contributed by atoms with E-state index in [4.69, 9.17) is 10.2 Å². The lowest BCUT2D eigenvalue weighted by molar-refractivity contribution is 0.0247. The van der Waals surface area contributed by atoms with Crippen LogP contribution in [0.15, 0.2) is 36.5 Å². The van der Waals surface area contributed by atoms with Crippen LogP contribution >= 0.6 is 0 Å². The molecular weight excluding hydrogens is 479 g/mol. The zero-order chi connectivity index (χ0) is 30.1. The first-order valence-electron chi connectivity index (χ1n) is 13.4. The highest BCUT2D eigenvalue weighted by atomic mass is 19.1. The number of carbonyl (C=O) groups is 2.